The summed E-state index contributed by atoms with van der Waals surface area (Å²) in [7, 11) is 0. The van der Waals surface area contributed by atoms with Gasteiger partial charge in [-0.15, -0.1) is 6.58 Å². The number of hydrogen-bond donors (Lipinski definition) is 0. The van der Waals surface area contributed by atoms with E-state index in [0.29, 0.717) is 11.4 Å². The molecule has 2 atom stereocenters. The van der Waals surface area contributed by atoms with Crippen molar-refractivity contribution in [3.05, 3.63) is 57.6 Å². The molecule has 2 unspecified atom stereocenters. The molecule has 16 heavy (non-hydrogen) atoms. The molecule has 1 aromatic rings. The zero-order valence-electron chi connectivity index (χ0n) is 9.10. The Bertz CT molecular complexity index is 392. The standard InChI is InChI=1S/C12H14ClNO2/c1-3-11(12(4-2)14(15)16)9-6-5-7-10(13)8-9/h3,5-8,11-12H,1,4H2,2H3. The lowest BCUT2D eigenvalue weighted by Gasteiger charge is -2.16. The Kier molecular flexibility index (Phi) is 4.50. The van der Waals surface area contributed by atoms with Crippen LogP contribution in [0.25, 0.3) is 0 Å². The molecule has 86 valence electrons. The summed E-state index contributed by atoms with van der Waals surface area (Å²) < 4.78 is 0. The van der Waals surface area contributed by atoms with Crippen LogP contribution in [0.5, 0.6) is 0 Å². The predicted octanol–water partition coefficient (Wildman–Crippen LogP) is 3.66. The molecule has 0 saturated heterocycles. The van der Waals surface area contributed by atoms with Crippen LogP contribution in [0.15, 0.2) is 36.9 Å². The Hall–Kier alpha value is -1.35. The van der Waals surface area contributed by atoms with Gasteiger partial charge in [0.2, 0.25) is 6.04 Å². The van der Waals surface area contributed by atoms with Gasteiger partial charge >= 0.3 is 0 Å². The maximum Gasteiger partial charge on any atom is 0.223 e. The van der Waals surface area contributed by atoms with E-state index in [1.165, 1.54) is 0 Å². The summed E-state index contributed by atoms with van der Waals surface area (Å²) in [6.07, 6.45) is 2.08. The van der Waals surface area contributed by atoms with Gasteiger partial charge in [0.15, 0.2) is 0 Å². The quantitative estimate of drug-likeness (QED) is 0.447. The molecule has 0 fully saturated rings. The lowest BCUT2D eigenvalue weighted by Crippen LogP contribution is -2.25. The molecule has 0 amide bonds. The highest BCUT2D eigenvalue weighted by Crippen LogP contribution is 2.26. The number of nitro groups is 1. The van der Waals surface area contributed by atoms with Gasteiger partial charge < -0.3 is 0 Å². The van der Waals surface area contributed by atoms with Gasteiger partial charge in [0.25, 0.3) is 0 Å². The zero-order valence-corrected chi connectivity index (χ0v) is 9.85. The lowest BCUT2D eigenvalue weighted by atomic mass is 9.90. The van der Waals surface area contributed by atoms with Crippen LogP contribution in [-0.4, -0.2) is 11.0 Å². The van der Waals surface area contributed by atoms with E-state index in [1.807, 2.05) is 6.07 Å². The predicted molar refractivity (Wildman–Crippen MR) is 65.5 cm³/mol. The molecule has 0 aromatic heterocycles. The fraction of sp³-hybridized carbons (Fsp3) is 0.333. The van der Waals surface area contributed by atoms with Gasteiger partial charge in [0.1, 0.15) is 0 Å². The molecule has 0 aliphatic heterocycles. The van der Waals surface area contributed by atoms with E-state index < -0.39 is 6.04 Å². The van der Waals surface area contributed by atoms with Crippen molar-refractivity contribution in [2.75, 3.05) is 0 Å². The number of nitrogens with zero attached hydrogens (tertiary/aromatic N) is 1. The Morgan fingerprint density at radius 3 is 2.75 bits per heavy atom. The zero-order chi connectivity index (χ0) is 12.1. The summed E-state index contributed by atoms with van der Waals surface area (Å²) in [5.41, 5.74) is 0.839. The molecule has 1 rings (SSSR count). The van der Waals surface area contributed by atoms with Crippen molar-refractivity contribution in [2.45, 2.75) is 25.3 Å². The van der Waals surface area contributed by atoms with Crippen molar-refractivity contribution >= 4 is 11.6 Å². The summed E-state index contributed by atoms with van der Waals surface area (Å²) in [4.78, 5) is 10.7. The van der Waals surface area contributed by atoms with E-state index >= 15 is 0 Å². The minimum atomic E-state index is -0.643. The molecule has 4 heteroatoms. The van der Waals surface area contributed by atoms with Crippen molar-refractivity contribution in [2.24, 2.45) is 0 Å². The minimum absolute atomic E-state index is 0.257. The molecular weight excluding hydrogens is 226 g/mol. The average Bonchev–Trinajstić information content (AvgIpc) is 2.25. The van der Waals surface area contributed by atoms with Crippen LogP contribution in [0.3, 0.4) is 0 Å². The topological polar surface area (TPSA) is 43.1 Å². The van der Waals surface area contributed by atoms with Crippen molar-refractivity contribution in [1.29, 1.82) is 0 Å². The second-order valence-corrected chi connectivity index (χ2v) is 4.01. The molecular formula is C12H14ClNO2. The molecule has 0 radical (unpaired) electrons. The Labute approximate surface area is 99.9 Å². The van der Waals surface area contributed by atoms with Crippen LogP contribution < -0.4 is 0 Å². The first-order chi connectivity index (χ1) is 7.60. The second-order valence-electron chi connectivity index (χ2n) is 3.58. The highest BCUT2D eigenvalue weighted by Gasteiger charge is 2.28. The molecule has 0 aliphatic rings. The lowest BCUT2D eigenvalue weighted by molar-refractivity contribution is -0.525. The number of hydrogen-bond acceptors (Lipinski definition) is 2. The van der Waals surface area contributed by atoms with Gasteiger partial charge in [-0.05, 0) is 17.7 Å². The van der Waals surface area contributed by atoms with Crippen molar-refractivity contribution < 1.29 is 4.92 Å². The summed E-state index contributed by atoms with van der Waals surface area (Å²) >= 11 is 5.87. The Morgan fingerprint density at radius 2 is 2.31 bits per heavy atom. The fourth-order valence-electron chi connectivity index (χ4n) is 1.76. The van der Waals surface area contributed by atoms with Crippen molar-refractivity contribution in [3.8, 4) is 0 Å². The second kappa shape index (κ2) is 5.66. The van der Waals surface area contributed by atoms with Crippen LogP contribution in [-0.2, 0) is 0 Å². The Morgan fingerprint density at radius 1 is 1.62 bits per heavy atom. The monoisotopic (exact) mass is 239 g/mol. The van der Waals surface area contributed by atoms with Gasteiger partial charge in [-0.1, -0.05) is 36.7 Å². The molecule has 1 aromatic carbocycles. The minimum Gasteiger partial charge on any atom is -0.264 e. The fourth-order valence-corrected chi connectivity index (χ4v) is 1.96. The van der Waals surface area contributed by atoms with Gasteiger partial charge in [-0.2, -0.15) is 0 Å². The molecule has 0 bridgehead atoms. The van der Waals surface area contributed by atoms with E-state index in [0.717, 1.165) is 5.56 Å². The smallest absolute Gasteiger partial charge is 0.223 e. The van der Waals surface area contributed by atoms with Crippen LogP contribution in [0, 0.1) is 10.1 Å². The van der Waals surface area contributed by atoms with Gasteiger partial charge in [-0.3, -0.25) is 10.1 Å². The van der Waals surface area contributed by atoms with Crippen LogP contribution in [0.1, 0.15) is 24.8 Å². The Balaban J connectivity index is 3.06. The first kappa shape index (κ1) is 12.7. The molecule has 0 N–H and O–H groups in total. The summed E-state index contributed by atoms with van der Waals surface area (Å²) in [5.74, 6) is -0.293. The third-order valence-electron chi connectivity index (χ3n) is 2.59. The van der Waals surface area contributed by atoms with E-state index in [1.54, 1.807) is 31.2 Å². The molecule has 0 spiro atoms. The van der Waals surface area contributed by atoms with Gasteiger partial charge in [0, 0.05) is 16.4 Å². The third kappa shape index (κ3) is 2.83. The van der Waals surface area contributed by atoms with Crippen LogP contribution >= 0.6 is 11.6 Å². The third-order valence-corrected chi connectivity index (χ3v) is 2.83. The average molecular weight is 240 g/mol. The van der Waals surface area contributed by atoms with E-state index in [2.05, 4.69) is 6.58 Å². The van der Waals surface area contributed by atoms with E-state index in [4.69, 9.17) is 11.6 Å². The number of benzene rings is 1. The normalized spacial score (nSPS) is 14.1. The number of rotatable bonds is 5. The van der Waals surface area contributed by atoms with Gasteiger partial charge in [-0.25, -0.2) is 0 Å². The number of halogens is 1. The summed E-state index contributed by atoms with van der Waals surface area (Å²) in [5, 5.41) is 11.5. The van der Waals surface area contributed by atoms with Crippen molar-refractivity contribution in [1.82, 2.24) is 0 Å². The van der Waals surface area contributed by atoms with Crippen LogP contribution in [0.4, 0.5) is 0 Å². The van der Waals surface area contributed by atoms with E-state index in [-0.39, 0.29) is 10.8 Å². The molecule has 3 nitrogen and oxygen atoms in total. The first-order valence-electron chi connectivity index (χ1n) is 5.11. The van der Waals surface area contributed by atoms with Crippen molar-refractivity contribution in [3.63, 3.8) is 0 Å². The maximum atomic E-state index is 10.9. The molecule has 0 heterocycles. The largest absolute Gasteiger partial charge is 0.264 e. The highest BCUT2D eigenvalue weighted by molar-refractivity contribution is 6.30. The molecule has 0 saturated carbocycles. The summed E-state index contributed by atoms with van der Waals surface area (Å²) in [6, 6.07) is 6.49. The maximum absolute atomic E-state index is 10.9. The highest BCUT2D eigenvalue weighted by atomic mass is 35.5. The van der Waals surface area contributed by atoms with Crippen LogP contribution in [0.2, 0.25) is 5.02 Å². The first-order valence-corrected chi connectivity index (χ1v) is 5.49. The van der Waals surface area contributed by atoms with E-state index in [9.17, 15) is 10.1 Å². The summed E-state index contributed by atoms with van der Waals surface area (Å²) in [6.45, 7) is 5.47. The SMILES string of the molecule is C=CC(c1cccc(Cl)c1)C(CC)[N+](=O)[O-]. The van der Waals surface area contributed by atoms with Gasteiger partial charge in [0.05, 0.1) is 5.92 Å². The molecule has 0 aliphatic carbocycles.